The van der Waals surface area contributed by atoms with Gasteiger partial charge in [0.1, 0.15) is 12.0 Å². The molecule has 0 bridgehead atoms. The summed E-state index contributed by atoms with van der Waals surface area (Å²) in [5.74, 6) is 1.23. The molecule has 32 heavy (non-hydrogen) atoms. The Hall–Kier alpha value is -2.42. The van der Waals surface area contributed by atoms with Crippen molar-refractivity contribution < 1.29 is 18.7 Å². The number of hydrogen-bond donors (Lipinski definition) is 1. The molecule has 1 atom stereocenters. The number of carbonyl (C=O) groups excluding carboxylic acids is 1. The third-order valence-corrected chi connectivity index (χ3v) is 5.77. The summed E-state index contributed by atoms with van der Waals surface area (Å²) in [6, 6.07) is 8.52. The van der Waals surface area contributed by atoms with Crippen LogP contribution in [0.4, 0.5) is 0 Å². The molecule has 0 spiro atoms. The fraction of sp³-hybridized carbons (Fsp3) is 0.583. The molecule has 2 aromatic rings. The monoisotopic (exact) mass is 444 g/mol. The summed E-state index contributed by atoms with van der Waals surface area (Å²) in [4.78, 5) is 21.5. The molecule has 0 saturated carbocycles. The van der Waals surface area contributed by atoms with Crippen LogP contribution < -0.4 is 10.1 Å². The fourth-order valence-electron chi connectivity index (χ4n) is 3.62. The maximum atomic E-state index is 12.4. The Morgan fingerprint density at radius 3 is 2.66 bits per heavy atom. The van der Waals surface area contributed by atoms with Crippen molar-refractivity contribution in [1.29, 1.82) is 0 Å². The summed E-state index contributed by atoms with van der Waals surface area (Å²) in [6.07, 6.45) is 2.46. The van der Waals surface area contributed by atoms with E-state index < -0.39 is 0 Å². The van der Waals surface area contributed by atoms with Gasteiger partial charge in [-0.15, -0.1) is 0 Å². The molecule has 1 aliphatic rings. The first kappa shape index (κ1) is 24.2. The van der Waals surface area contributed by atoms with Crippen LogP contribution in [0, 0.1) is 0 Å². The van der Waals surface area contributed by atoms with Crippen LogP contribution in [0.25, 0.3) is 0 Å². The van der Waals surface area contributed by atoms with Gasteiger partial charge in [-0.3, -0.25) is 14.6 Å². The summed E-state index contributed by atoms with van der Waals surface area (Å²) in [6.45, 7) is 13.0. The first-order valence-electron chi connectivity index (χ1n) is 11.6. The number of oxazole rings is 1. The second kappa shape index (κ2) is 12.6. The van der Waals surface area contributed by atoms with Gasteiger partial charge in [-0.25, -0.2) is 4.98 Å². The lowest BCUT2D eigenvalue weighted by atomic mass is 10.1. The highest BCUT2D eigenvalue weighted by atomic mass is 16.5. The minimum absolute atomic E-state index is 0.199. The van der Waals surface area contributed by atoms with Crippen LogP contribution in [0.2, 0.25) is 0 Å². The minimum atomic E-state index is -0.199. The zero-order chi connectivity index (χ0) is 22.8. The summed E-state index contributed by atoms with van der Waals surface area (Å²) in [7, 11) is 0. The zero-order valence-electron chi connectivity index (χ0n) is 19.5. The van der Waals surface area contributed by atoms with Crippen molar-refractivity contribution in [1.82, 2.24) is 20.1 Å². The van der Waals surface area contributed by atoms with Gasteiger partial charge in [0.2, 0.25) is 5.89 Å². The topological polar surface area (TPSA) is 80.1 Å². The van der Waals surface area contributed by atoms with Crippen molar-refractivity contribution in [2.45, 2.75) is 46.3 Å². The summed E-state index contributed by atoms with van der Waals surface area (Å²) < 4.78 is 16.5. The summed E-state index contributed by atoms with van der Waals surface area (Å²) >= 11 is 0. The van der Waals surface area contributed by atoms with Crippen LogP contribution >= 0.6 is 0 Å². The van der Waals surface area contributed by atoms with Crippen molar-refractivity contribution >= 4 is 5.91 Å². The van der Waals surface area contributed by atoms with Gasteiger partial charge < -0.3 is 19.2 Å². The molecule has 1 aromatic carbocycles. The predicted octanol–water partition coefficient (Wildman–Crippen LogP) is 2.94. The van der Waals surface area contributed by atoms with E-state index in [1.54, 1.807) is 0 Å². The SMILES string of the molecule is CCOc1ccc(CN(Cc2nc(C(=O)NCCN3CCOCC3)co2)[C@@H](C)CC)cc1. The van der Waals surface area contributed by atoms with Gasteiger partial charge in [0.15, 0.2) is 5.69 Å². The van der Waals surface area contributed by atoms with Gasteiger partial charge in [-0.05, 0) is 38.0 Å². The smallest absolute Gasteiger partial charge is 0.273 e. The number of amides is 1. The number of carbonyl (C=O) groups is 1. The molecule has 1 saturated heterocycles. The number of rotatable bonds is 12. The normalized spacial score (nSPS) is 15.6. The molecular weight excluding hydrogens is 408 g/mol. The maximum absolute atomic E-state index is 12.4. The maximum Gasteiger partial charge on any atom is 0.273 e. The molecular formula is C24H36N4O4. The number of aromatic nitrogens is 1. The van der Waals surface area contributed by atoms with Gasteiger partial charge in [0.25, 0.3) is 5.91 Å². The molecule has 176 valence electrons. The highest BCUT2D eigenvalue weighted by molar-refractivity contribution is 5.91. The number of benzene rings is 1. The van der Waals surface area contributed by atoms with E-state index in [0.717, 1.165) is 51.6 Å². The third-order valence-electron chi connectivity index (χ3n) is 5.77. The lowest BCUT2D eigenvalue weighted by Crippen LogP contribution is -2.41. The Morgan fingerprint density at radius 2 is 1.97 bits per heavy atom. The lowest BCUT2D eigenvalue weighted by molar-refractivity contribution is 0.0383. The van der Waals surface area contributed by atoms with E-state index in [2.05, 4.69) is 46.1 Å². The van der Waals surface area contributed by atoms with Crippen LogP contribution in [-0.4, -0.2) is 72.7 Å². The fourth-order valence-corrected chi connectivity index (χ4v) is 3.62. The van der Waals surface area contributed by atoms with Gasteiger partial charge in [0.05, 0.1) is 26.4 Å². The van der Waals surface area contributed by atoms with Crippen molar-refractivity contribution in [2.24, 2.45) is 0 Å². The van der Waals surface area contributed by atoms with E-state index in [1.165, 1.54) is 11.8 Å². The summed E-state index contributed by atoms with van der Waals surface area (Å²) in [5, 5.41) is 2.93. The molecule has 0 radical (unpaired) electrons. The minimum Gasteiger partial charge on any atom is -0.494 e. The van der Waals surface area contributed by atoms with Crippen LogP contribution in [0.3, 0.4) is 0 Å². The highest BCUT2D eigenvalue weighted by Crippen LogP contribution is 2.18. The van der Waals surface area contributed by atoms with Crippen molar-refractivity contribution in [3.63, 3.8) is 0 Å². The highest BCUT2D eigenvalue weighted by Gasteiger charge is 2.19. The molecule has 0 unspecified atom stereocenters. The Bertz CT molecular complexity index is 818. The Morgan fingerprint density at radius 1 is 1.22 bits per heavy atom. The van der Waals surface area contributed by atoms with E-state index in [1.807, 2.05) is 19.1 Å². The van der Waals surface area contributed by atoms with Crippen molar-refractivity contribution in [3.8, 4) is 5.75 Å². The van der Waals surface area contributed by atoms with E-state index in [4.69, 9.17) is 13.9 Å². The zero-order valence-corrected chi connectivity index (χ0v) is 19.5. The largest absolute Gasteiger partial charge is 0.494 e. The molecule has 2 heterocycles. The number of morpholine rings is 1. The van der Waals surface area contributed by atoms with E-state index in [0.29, 0.717) is 37.3 Å². The second-order valence-corrected chi connectivity index (χ2v) is 8.08. The van der Waals surface area contributed by atoms with Crippen molar-refractivity contribution in [2.75, 3.05) is 46.0 Å². The molecule has 8 nitrogen and oxygen atoms in total. The quantitative estimate of drug-likeness (QED) is 0.539. The number of nitrogens with zero attached hydrogens (tertiary/aromatic N) is 3. The number of ether oxygens (including phenoxy) is 2. The lowest BCUT2D eigenvalue weighted by Gasteiger charge is -2.27. The van der Waals surface area contributed by atoms with Gasteiger partial charge in [-0.2, -0.15) is 0 Å². The molecule has 8 heteroatoms. The van der Waals surface area contributed by atoms with Gasteiger partial charge in [0, 0.05) is 38.8 Å². The Kier molecular flexibility index (Phi) is 9.52. The van der Waals surface area contributed by atoms with Gasteiger partial charge in [-0.1, -0.05) is 19.1 Å². The van der Waals surface area contributed by atoms with Crippen LogP contribution in [0.15, 0.2) is 34.9 Å². The Labute approximate surface area is 190 Å². The first-order valence-corrected chi connectivity index (χ1v) is 11.6. The molecule has 0 aliphatic carbocycles. The standard InChI is InChI=1S/C24H36N4O4/c1-4-19(3)28(16-20-6-8-21(9-7-20)31-5-2)17-23-26-22(18-32-23)24(29)25-10-11-27-12-14-30-15-13-27/h6-9,18-19H,4-5,10-17H2,1-3H3,(H,25,29)/t19-/m0/s1. The third kappa shape index (κ3) is 7.32. The van der Waals surface area contributed by atoms with E-state index in [-0.39, 0.29) is 5.91 Å². The predicted molar refractivity (Wildman–Crippen MR) is 123 cm³/mol. The Balaban J connectivity index is 1.53. The van der Waals surface area contributed by atoms with Gasteiger partial charge >= 0.3 is 0 Å². The second-order valence-electron chi connectivity index (χ2n) is 8.08. The average molecular weight is 445 g/mol. The summed E-state index contributed by atoms with van der Waals surface area (Å²) in [5.41, 5.74) is 1.52. The molecule has 3 rings (SSSR count). The molecule has 1 aliphatic heterocycles. The molecule has 1 N–H and O–H groups in total. The van der Waals surface area contributed by atoms with Crippen LogP contribution in [-0.2, 0) is 17.8 Å². The van der Waals surface area contributed by atoms with Crippen LogP contribution in [0.1, 0.15) is 49.1 Å². The van der Waals surface area contributed by atoms with E-state index in [9.17, 15) is 4.79 Å². The molecule has 1 fully saturated rings. The van der Waals surface area contributed by atoms with Crippen molar-refractivity contribution in [3.05, 3.63) is 47.7 Å². The molecule has 1 amide bonds. The molecule has 1 aromatic heterocycles. The van der Waals surface area contributed by atoms with E-state index >= 15 is 0 Å². The number of nitrogens with one attached hydrogen (secondary N) is 1. The van der Waals surface area contributed by atoms with Crippen LogP contribution in [0.5, 0.6) is 5.75 Å². The first-order chi connectivity index (χ1) is 15.6. The number of hydrogen-bond acceptors (Lipinski definition) is 7. The average Bonchev–Trinajstić information content (AvgIpc) is 3.29.